The second kappa shape index (κ2) is 14.4. The number of carbonyl (C=O) groups is 3. The molecule has 186 valence electrons. The van der Waals surface area contributed by atoms with E-state index in [9.17, 15) is 19.5 Å². The Kier molecular flexibility index (Phi) is 11.2. The maximum Gasteiger partial charge on any atom is 0.340 e. The average molecular weight is 481 g/mol. The molecule has 2 rings (SSSR count). The lowest BCUT2D eigenvalue weighted by atomic mass is 10.1. The van der Waals surface area contributed by atoms with Crippen molar-refractivity contribution in [3.05, 3.63) is 72.3 Å². The fraction of sp³-hybridized carbons (Fsp3) is 0.296. The van der Waals surface area contributed by atoms with Crippen LogP contribution in [-0.4, -0.2) is 49.8 Å². The van der Waals surface area contributed by atoms with Gasteiger partial charge in [0.1, 0.15) is 12.4 Å². The van der Waals surface area contributed by atoms with E-state index >= 15 is 0 Å². The molecular weight excluding hydrogens is 448 g/mol. The van der Waals surface area contributed by atoms with Crippen LogP contribution in [0.15, 0.2) is 61.2 Å². The molecule has 0 aliphatic carbocycles. The smallest absolute Gasteiger partial charge is 0.340 e. The van der Waals surface area contributed by atoms with Gasteiger partial charge in [-0.25, -0.2) is 4.79 Å². The van der Waals surface area contributed by atoms with Gasteiger partial charge in [-0.15, -0.1) is 6.58 Å². The molecule has 2 aromatic rings. The van der Waals surface area contributed by atoms with E-state index in [4.69, 9.17) is 9.47 Å². The van der Waals surface area contributed by atoms with Gasteiger partial charge in [-0.05, 0) is 68.2 Å². The monoisotopic (exact) mass is 480 g/mol. The number of anilines is 2. The maximum atomic E-state index is 12.7. The number of nitrogens with one attached hydrogen (secondary N) is 1. The molecule has 2 amide bonds. The van der Waals surface area contributed by atoms with E-state index in [0.29, 0.717) is 23.5 Å². The minimum atomic E-state index is -0.575. The first kappa shape index (κ1) is 27.3. The van der Waals surface area contributed by atoms with Crippen molar-refractivity contribution in [3.8, 4) is 5.75 Å². The molecule has 0 heterocycles. The number of rotatable bonds is 13. The molecule has 0 aliphatic rings. The quantitative estimate of drug-likeness (QED) is 0.189. The third kappa shape index (κ3) is 9.10. The Balaban J connectivity index is 2.13. The summed E-state index contributed by atoms with van der Waals surface area (Å²) in [5.41, 5.74) is 1.54. The fourth-order valence-electron chi connectivity index (χ4n) is 3.14. The van der Waals surface area contributed by atoms with Gasteiger partial charge in [0.25, 0.3) is 5.91 Å². The number of unbranched alkanes of at least 4 members (excludes halogenated alkanes) is 2. The van der Waals surface area contributed by atoms with Gasteiger partial charge in [0.2, 0.25) is 5.91 Å². The highest BCUT2D eigenvalue weighted by atomic mass is 16.5. The molecule has 2 aromatic carbocycles. The molecular formula is C27H32N2O6. The molecule has 0 atom stereocenters. The number of phenols is 1. The van der Waals surface area contributed by atoms with E-state index in [1.54, 1.807) is 31.2 Å². The summed E-state index contributed by atoms with van der Waals surface area (Å²) in [6.07, 6.45) is 7.36. The van der Waals surface area contributed by atoms with Gasteiger partial charge in [0.05, 0.1) is 17.9 Å². The second-order valence-electron chi connectivity index (χ2n) is 7.66. The molecule has 0 radical (unpaired) electrons. The lowest BCUT2D eigenvalue weighted by Gasteiger charge is -2.21. The van der Waals surface area contributed by atoms with Crippen LogP contribution in [-0.2, 0) is 19.1 Å². The molecule has 0 spiro atoms. The van der Waals surface area contributed by atoms with Crippen LogP contribution < -0.4 is 10.2 Å². The number of amides is 2. The van der Waals surface area contributed by atoms with Gasteiger partial charge >= 0.3 is 5.97 Å². The molecule has 0 bridgehead atoms. The highest BCUT2D eigenvalue weighted by Crippen LogP contribution is 2.26. The van der Waals surface area contributed by atoms with Gasteiger partial charge in [0, 0.05) is 25.4 Å². The SMILES string of the molecule is C=CCCCCOCC(=O)N(C)c1cc(NC(=O)/C=C/c2cccc(O)c2)ccc1C(=O)OCC. The number of carbonyl (C=O) groups excluding carboxylic acids is 3. The van der Waals surface area contributed by atoms with Crippen LogP contribution in [0.3, 0.4) is 0 Å². The number of phenolic OH excluding ortho intramolecular Hbond substituents is 1. The largest absolute Gasteiger partial charge is 0.508 e. The summed E-state index contributed by atoms with van der Waals surface area (Å²) >= 11 is 0. The molecule has 35 heavy (non-hydrogen) atoms. The van der Waals surface area contributed by atoms with Crippen LogP contribution in [0.2, 0.25) is 0 Å². The lowest BCUT2D eigenvalue weighted by molar-refractivity contribution is -0.122. The molecule has 0 saturated carbocycles. The summed E-state index contributed by atoms with van der Waals surface area (Å²) in [7, 11) is 1.54. The Morgan fingerprint density at radius 1 is 1.14 bits per heavy atom. The van der Waals surface area contributed by atoms with Crippen molar-refractivity contribution in [1.82, 2.24) is 0 Å². The van der Waals surface area contributed by atoms with Gasteiger partial charge in [-0.3, -0.25) is 9.59 Å². The van der Waals surface area contributed by atoms with Crippen molar-refractivity contribution < 1.29 is 29.0 Å². The van der Waals surface area contributed by atoms with Crippen LogP contribution >= 0.6 is 0 Å². The lowest BCUT2D eigenvalue weighted by Crippen LogP contribution is -2.32. The van der Waals surface area contributed by atoms with E-state index in [-0.39, 0.29) is 30.4 Å². The highest BCUT2D eigenvalue weighted by molar-refractivity contribution is 6.06. The van der Waals surface area contributed by atoms with E-state index in [0.717, 1.165) is 19.3 Å². The van der Waals surface area contributed by atoms with Crippen molar-refractivity contribution in [1.29, 1.82) is 0 Å². The number of hydrogen-bond acceptors (Lipinski definition) is 6. The second-order valence-corrected chi connectivity index (χ2v) is 7.66. The van der Waals surface area contributed by atoms with Gasteiger partial charge in [0.15, 0.2) is 0 Å². The Morgan fingerprint density at radius 2 is 1.94 bits per heavy atom. The van der Waals surface area contributed by atoms with Crippen molar-refractivity contribution in [3.63, 3.8) is 0 Å². The maximum absolute atomic E-state index is 12.7. The number of ether oxygens (including phenoxy) is 2. The highest BCUT2D eigenvalue weighted by Gasteiger charge is 2.20. The summed E-state index contributed by atoms with van der Waals surface area (Å²) < 4.78 is 10.6. The molecule has 0 fully saturated rings. The van der Waals surface area contributed by atoms with Gasteiger partial charge in [-0.2, -0.15) is 0 Å². The first-order valence-electron chi connectivity index (χ1n) is 11.4. The number of benzene rings is 2. The average Bonchev–Trinajstić information content (AvgIpc) is 2.84. The zero-order valence-electron chi connectivity index (χ0n) is 20.2. The molecule has 0 saturated heterocycles. The van der Waals surface area contributed by atoms with Crippen molar-refractivity contribution >= 4 is 35.2 Å². The molecule has 8 heteroatoms. The zero-order valence-corrected chi connectivity index (χ0v) is 20.2. The van der Waals surface area contributed by atoms with Crippen LogP contribution in [0.25, 0.3) is 6.08 Å². The molecule has 0 unspecified atom stereocenters. The molecule has 8 nitrogen and oxygen atoms in total. The first-order valence-corrected chi connectivity index (χ1v) is 11.4. The minimum Gasteiger partial charge on any atom is -0.508 e. The topological polar surface area (TPSA) is 105 Å². The number of hydrogen-bond donors (Lipinski definition) is 2. The van der Waals surface area contributed by atoms with Crippen LogP contribution in [0.5, 0.6) is 5.75 Å². The zero-order chi connectivity index (χ0) is 25.6. The predicted octanol–water partition coefficient (Wildman–Crippen LogP) is 4.56. The van der Waals surface area contributed by atoms with Gasteiger partial charge < -0.3 is 24.8 Å². The van der Waals surface area contributed by atoms with Crippen molar-refractivity contribution in [2.75, 3.05) is 37.1 Å². The number of allylic oxidation sites excluding steroid dienone is 1. The summed E-state index contributed by atoms with van der Waals surface area (Å²) in [6, 6.07) is 11.1. The Hall–Kier alpha value is -3.91. The van der Waals surface area contributed by atoms with E-state index in [1.807, 2.05) is 6.08 Å². The molecule has 0 aliphatic heterocycles. The Morgan fingerprint density at radius 3 is 2.66 bits per heavy atom. The van der Waals surface area contributed by atoms with Crippen LogP contribution in [0.4, 0.5) is 11.4 Å². The van der Waals surface area contributed by atoms with Crippen molar-refractivity contribution in [2.24, 2.45) is 0 Å². The predicted molar refractivity (Wildman–Crippen MR) is 136 cm³/mol. The number of esters is 1. The van der Waals surface area contributed by atoms with Crippen LogP contribution in [0, 0.1) is 0 Å². The minimum absolute atomic E-state index is 0.0974. The number of nitrogens with zero attached hydrogens (tertiary/aromatic N) is 1. The summed E-state index contributed by atoms with van der Waals surface area (Å²) in [6.45, 7) is 5.85. The van der Waals surface area contributed by atoms with E-state index in [2.05, 4.69) is 11.9 Å². The van der Waals surface area contributed by atoms with E-state index < -0.39 is 11.9 Å². The molecule has 0 aromatic heterocycles. The third-order valence-electron chi connectivity index (χ3n) is 4.97. The van der Waals surface area contributed by atoms with Crippen molar-refractivity contribution in [2.45, 2.75) is 26.2 Å². The summed E-state index contributed by atoms with van der Waals surface area (Å²) in [4.78, 5) is 38.9. The standard InChI is InChI=1S/C27H32N2O6/c1-4-6-7-8-16-34-19-26(32)29(3)24-18-21(13-14-23(24)27(33)35-5-2)28-25(31)15-12-20-10-9-11-22(30)17-20/h4,9-15,17-18,30H,1,5-8,16,19H2,2-3H3,(H,28,31)/b15-12+. The summed E-state index contributed by atoms with van der Waals surface area (Å²) in [5.74, 6) is -1.24. The number of likely N-dealkylation sites (N-methyl/N-ethyl adjacent to an activating group) is 1. The number of aromatic hydroxyl groups is 1. The fourth-order valence-corrected chi connectivity index (χ4v) is 3.14. The Bertz CT molecular complexity index is 1060. The normalized spacial score (nSPS) is 10.7. The summed E-state index contributed by atoms with van der Waals surface area (Å²) in [5, 5.41) is 12.2. The Labute approximate surface area is 205 Å². The molecule has 2 N–H and O–H groups in total. The van der Waals surface area contributed by atoms with Gasteiger partial charge in [-0.1, -0.05) is 18.2 Å². The van der Waals surface area contributed by atoms with E-state index in [1.165, 1.54) is 42.3 Å². The third-order valence-corrected chi connectivity index (χ3v) is 4.97. The van der Waals surface area contributed by atoms with Crippen LogP contribution in [0.1, 0.15) is 42.1 Å². The first-order chi connectivity index (χ1) is 16.8.